The number of ether oxygens (including phenoxy) is 1. The maximum absolute atomic E-state index is 12.3. The second kappa shape index (κ2) is 8.01. The van der Waals surface area contributed by atoms with Crippen molar-refractivity contribution in [3.8, 4) is 11.5 Å². The van der Waals surface area contributed by atoms with Gasteiger partial charge in [-0.15, -0.1) is 11.8 Å². The summed E-state index contributed by atoms with van der Waals surface area (Å²) in [4.78, 5) is 24.8. The van der Waals surface area contributed by atoms with Crippen LogP contribution in [-0.4, -0.2) is 35.0 Å². The minimum Gasteiger partial charge on any atom is -0.504 e. The number of anilines is 1. The fourth-order valence-electron chi connectivity index (χ4n) is 2.56. The zero-order valence-corrected chi connectivity index (χ0v) is 15.2. The number of carbonyl (C=O) groups is 2. The number of methoxy groups -OCH3 is 1. The van der Waals surface area contributed by atoms with Gasteiger partial charge in [0.05, 0.1) is 24.1 Å². The van der Waals surface area contributed by atoms with Crippen molar-refractivity contribution in [1.82, 2.24) is 0 Å². The van der Waals surface area contributed by atoms with E-state index in [4.69, 9.17) is 4.74 Å². The van der Waals surface area contributed by atoms with E-state index in [0.717, 1.165) is 15.7 Å². The Hall–Kier alpha value is -3.19. The van der Waals surface area contributed by atoms with Crippen LogP contribution >= 0.6 is 11.8 Å². The van der Waals surface area contributed by atoms with E-state index in [1.54, 1.807) is 30.3 Å². The van der Waals surface area contributed by atoms with Crippen molar-refractivity contribution >= 4 is 40.1 Å². The Kier molecular flexibility index (Phi) is 5.52. The SMILES string of the molecule is COC(=O)c1ccccc1NC(=O)CSc1ccc2cc(O)c(O)cc2c1. The van der Waals surface area contributed by atoms with Gasteiger partial charge in [-0.1, -0.05) is 18.2 Å². The average Bonchev–Trinajstić information content (AvgIpc) is 2.67. The third kappa shape index (κ3) is 4.32. The highest BCUT2D eigenvalue weighted by molar-refractivity contribution is 8.00. The first-order valence-electron chi connectivity index (χ1n) is 8.03. The largest absolute Gasteiger partial charge is 0.504 e. The summed E-state index contributed by atoms with van der Waals surface area (Å²) in [7, 11) is 1.29. The summed E-state index contributed by atoms with van der Waals surface area (Å²) in [5, 5.41) is 23.4. The number of aromatic hydroxyl groups is 2. The van der Waals surface area contributed by atoms with Crippen molar-refractivity contribution < 1.29 is 24.5 Å². The molecule has 0 unspecified atom stereocenters. The minimum atomic E-state index is -0.517. The summed E-state index contributed by atoms with van der Waals surface area (Å²) >= 11 is 1.32. The molecule has 0 saturated heterocycles. The Morgan fingerprint density at radius 3 is 2.44 bits per heavy atom. The smallest absolute Gasteiger partial charge is 0.339 e. The molecule has 0 fully saturated rings. The number of phenols is 2. The van der Waals surface area contributed by atoms with Crippen LogP contribution in [0.15, 0.2) is 59.5 Å². The molecular weight excluding hydrogens is 366 g/mol. The van der Waals surface area contributed by atoms with Crippen LogP contribution in [0, 0.1) is 0 Å². The van der Waals surface area contributed by atoms with Gasteiger partial charge in [-0.3, -0.25) is 4.79 Å². The summed E-state index contributed by atoms with van der Waals surface area (Å²) in [6, 6.07) is 15.1. The molecule has 3 aromatic rings. The first kappa shape index (κ1) is 18.6. The van der Waals surface area contributed by atoms with Crippen LogP contribution in [0.2, 0.25) is 0 Å². The third-order valence-electron chi connectivity index (χ3n) is 3.88. The van der Waals surface area contributed by atoms with Gasteiger partial charge < -0.3 is 20.3 Å². The van der Waals surface area contributed by atoms with Gasteiger partial charge in [0.25, 0.3) is 0 Å². The molecule has 138 valence electrons. The molecule has 3 rings (SSSR count). The third-order valence-corrected chi connectivity index (χ3v) is 4.88. The fourth-order valence-corrected chi connectivity index (χ4v) is 3.30. The monoisotopic (exact) mass is 383 g/mol. The summed E-state index contributed by atoms with van der Waals surface area (Å²) in [5.41, 5.74) is 0.688. The van der Waals surface area contributed by atoms with Crippen molar-refractivity contribution in [3.63, 3.8) is 0 Å². The van der Waals surface area contributed by atoms with E-state index in [1.807, 2.05) is 12.1 Å². The molecule has 0 atom stereocenters. The Balaban J connectivity index is 1.69. The molecule has 3 N–H and O–H groups in total. The van der Waals surface area contributed by atoms with E-state index in [-0.39, 0.29) is 23.2 Å². The predicted molar refractivity (Wildman–Crippen MR) is 104 cm³/mol. The Labute approximate surface area is 159 Å². The van der Waals surface area contributed by atoms with Crippen LogP contribution in [0.4, 0.5) is 5.69 Å². The second-order valence-electron chi connectivity index (χ2n) is 5.72. The number of esters is 1. The van der Waals surface area contributed by atoms with Crippen LogP contribution in [0.25, 0.3) is 10.8 Å². The van der Waals surface area contributed by atoms with Crippen molar-refractivity contribution in [2.45, 2.75) is 4.90 Å². The molecule has 0 aliphatic rings. The quantitative estimate of drug-likeness (QED) is 0.353. The van der Waals surface area contributed by atoms with E-state index in [0.29, 0.717) is 11.3 Å². The van der Waals surface area contributed by atoms with Gasteiger partial charge in [0, 0.05) is 4.90 Å². The van der Waals surface area contributed by atoms with Crippen LogP contribution in [0.5, 0.6) is 11.5 Å². The highest BCUT2D eigenvalue weighted by Gasteiger charge is 2.13. The fraction of sp³-hybridized carbons (Fsp3) is 0.100. The van der Waals surface area contributed by atoms with Gasteiger partial charge in [-0.05, 0) is 47.2 Å². The van der Waals surface area contributed by atoms with Gasteiger partial charge in [0.15, 0.2) is 11.5 Å². The standard InChI is InChI=1S/C20H17NO5S/c1-26-20(25)15-4-2-3-5-16(15)21-19(24)11-27-14-7-6-12-9-17(22)18(23)10-13(12)8-14/h2-10,22-23H,11H2,1H3,(H,21,24). The summed E-state index contributed by atoms with van der Waals surface area (Å²) < 4.78 is 4.71. The lowest BCUT2D eigenvalue weighted by Crippen LogP contribution is -2.17. The molecular formula is C20H17NO5S. The second-order valence-corrected chi connectivity index (χ2v) is 6.77. The summed E-state index contributed by atoms with van der Waals surface area (Å²) in [5.74, 6) is -1.00. The molecule has 1 amide bonds. The number of thioether (sulfide) groups is 1. The number of hydrogen-bond donors (Lipinski definition) is 3. The molecule has 27 heavy (non-hydrogen) atoms. The highest BCUT2D eigenvalue weighted by atomic mass is 32.2. The van der Waals surface area contributed by atoms with E-state index >= 15 is 0 Å². The molecule has 0 aromatic heterocycles. The van der Waals surface area contributed by atoms with Crippen molar-refractivity contribution in [1.29, 1.82) is 0 Å². The number of para-hydroxylation sites is 1. The first-order chi connectivity index (χ1) is 13.0. The van der Waals surface area contributed by atoms with E-state index in [1.165, 1.54) is 31.0 Å². The van der Waals surface area contributed by atoms with Crippen LogP contribution in [0.1, 0.15) is 10.4 Å². The van der Waals surface area contributed by atoms with Gasteiger partial charge in [0.1, 0.15) is 0 Å². The molecule has 0 saturated carbocycles. The molecule has 6 nitrogen and oxygen atoms in total. The molecule has 0 aliphatic heterocycles. The van der Waals surface area contributed by atoms with E-state index in [2.05, 4.69) is 5.32 Å². The molecule has 0 heterocycles. The molecule has 0 radical (unpaired) electrons. The number of amides is 1. The lowest BCUT2D eigenvalue weighted by Gasteiger charge is -2.10. The Bertz CT molecular complexity index is 1020. The number of benzene rings is 3. The van der Waals surface area contributed by atoms with Crippen molar-refractivity contribution in [3.05, 3.63) is 60.2 Å². The highest BCUT2D eigenvalue weighted by Crippen LogP contribution is 2.32. The average molecular weight is 383 g/mol. The normalized spacial score (nSPS) is 10.6. The van der Waals surface area contributed by atoms with Gasteiger partial charge >= 0.3 is 5.97 Å². The van der Waals surface area contributed by atoms with Crippen molar-refractivity contribution in [2.24, 2.45) is 0 Å². The van der Waals surface area contributed by atoms with Crippen LogP contribution in [-0.2, 0) is 9.53 Å². The number of nitrogens with one attached hydrogen (secondary N) is 1. The van der Waals surface area contributed by atoms with Crippen molar-refractivity contribution in [2.75, 3.05) is 18.2 Å². The number of hydrogen-bond acceptors (Lipinski definition) is 6. The van der Waals surface area contributed by atoms with E-state index in [9.17, 15) is 19.8 Å². The Morgan fingerprint density at radius 2 is 1.70 bits per heavy atom. The first-order valence-corrected chi connectivity index (χ1v) is 9.02. The summed E-state index contributed by atoms with van der Waals surface area (Å²) in [6.07, 6.45) is 0. The molecule has 0 aliphatic carbocycles. The van der Waals surface area contributed by atoms with Gasteiger partial charge in [-0.2, -0.15) is 0 Å². The topological polar surface area (TPSA) is 95.9 Å². The molecule has 0 spiro atoms. The number of rotatable bonds is 5. The predicted octanol–water partition coefficient (Wildman–Crippen LogP) is 3.77. The Morgan fingerprint density at radius 1 is 1.00 bits per heavy atom. The maximum Gasteiger partial charge on any atom is 0.339 e. The minimum absolute atomic E-state index is 0.144. The lowest BCUT2D eigenvalue weighted by atomic mass is 10.1. The van der Waals surface area contributed by atoms with Crippen LogP contribution in [0.3, 0.4) is 0 Å². The molecule has 3 aromatic carbocycles. The zero-order chi connectivity index (χ0) is 19.4. The lowest BCUT2D eigenvalue weighted by molar-refractivity contribution is -0.113. The molecule has 0 bridgehead atoms. The number of fused-ring (bicyclic) bond motifs is 1. The summed E-state index contributed by atoms with van der Waals surface area (Å²) in [6.45, 7) is 0. The number of carbonyl (C=O) groups excluding carboxylic acids is 2. The van der Waals surface area contributed by atoms with Gasteiger partial charge in [0.2, 0.25) is 5.91 Å². The van der Waals surface area contributed by atoms with Crippen LogP contribution < -0.4 is 5.32 Å². The maximum atomic E-state index is 12.3. The number of phenolic OH excluding ortho intramolecular Hbond substituents is 2. The van der Waals surface area contributed by atoms with E-state index < -0.39 is 5.97 Å². The molecule has 7 heteroatoms. The van der Waals surface area contributed by atoms with Gasteiger partial charge in [-0.25, -0.2) is 4.79 Å². The zero-order valence-electron chi connectivity index (χ0n) is 14.4.